The van der Waals surface area contributed by atoms with Gasteiger partial charge in [-0.2, -0.15) is 0 Å². The molecule has 1 N–H and O–H groups in total. The second-order valence-electron chi connectivity index (χ2n) is 5.67. The summed E-state index contributed by atoms with van der Waals surface area (Å²) in [6, 6.07) is 4.28. The highest BCUT2D eigenvalue weighted by atomic mass is 79.9. The summed E-state index contributed by atoms with van der Waals surface area (Å²) in [4.78, 5) is 0. The van der Waals surface area contributed by atoms with Crippen molar-refractivity contribution in [2.24, 2.45) is 11.8 Å². The summed E-state index contributed by atoms with van der Waals surface area (Å²) >= 11 is 7.21. The molecule has 0 spiro atoms. The molecule has 0 radical (unpaired) electrons. The first-order valence-electron chi connectivity index (χ1n) is 6.87. The van der Waals surface area contributed by atoms with Gasteiger partial charge in [0.05, 0.1) is 15.6 Å². The Bertz CT molecular complexity index is 407. The van der Waals surface area contributed by atoms with E-state index in [1.807, 2.05) is 0 Å². The second kappa shape index (κ2) is 7.09. The third-order valence-corrected chi connectivity index (χ3v) is 4.28. The molecule has 1 aromatic carbocycles. The lowest BCUT2D eigenvalue weighted by atomic mass is 10.2. The van der Waals surface area contributed by atoms with Crippen LogP contribution >= 0.6 is 31.9 Å². The van der Waals surface area contributed by atoms with Gasteiger partial charge in [0.15, 0.2) is 0 Å². The van der Waals surface area contributed by atoms with E-state index in [1.54, 1.807) is 0 Å². The molecule has 0 heterocycles. The zero-order valence-electron chi connectivity index (χ0n) is 11.5. The zero-order valence-corrected chi connectivity index (χ0v) is 14.7. The fourth-order valence-corrected chi connectivity index (χ4v) is 3.35. The van der Waals surface area contributed by atoms with Crippen molar-refractivity contribution in [1.82, 2.24) is 5.32 Å². The molecular formula is C15H21Br2NO. The van der Waals surface area contributed by atoms with Crippen LogP contribution in [0.1, 0.15) is 32.3 Å². The molecule has 0 atom stereocenters. The van der Waals surface area contributed by atoms with Gasteiger partial charge in [0, 0.05) is 6.54 Å². The average molecular weight is 391 g/mol. The van der Waals surface area contributed by atoms with Crippen LogP contribution < -0.4 is 10.1 Å². The van der Waals surface area contributed by atoms with Crippen molar-refractivity contribution in [3.05, 3.63) is 26.6 Å². The Morgan fingerprint density at radius 1 is 1.26 bits per heavy atom. The third-order valence-electron chi connectivity index (χ3n) is 3.10. The maximum absolute atomic E-state index is 5.88. The number of halogens is 2. The van der Waals surface area contributed by atoms with Crippen LogP contribution in [0.2, 0.25) is 0 Å². The van der Waals surface area contributed by atoms with E-state index in [0.29, 0.717) is 5.92 Å². The Labute approximate surface area is 132 Å². The molecule has 1 aromatic rings. The monoisotopic (exact) mass is 389 g/mol. The van der Waals surface area contributed by atoms with Crippen molar-refractivity contribution in [2.75, 3.05) is 13.2 Å². The summed E-state index contributed by atoms with van der Waals surface area (Å²) < 4.78 is 7.94. The predicted molar refractivity (Wildman–Crippen MR) is 86.6 cm³/mol. The average Bonchev–Trinajstić information content (AvgIpc) is 3.11. The van der Waals surface area contributed by atoms with E-state index in [9.17, 15) is 0 Å². The molecule has 0 aromatic heterocycles. The van der Waals surface area contributed by atoms with Crippen LogP contribution in [-0.2, 0) is 6.54 Å². The number of benzene rings is 1. The van der Waals surface area contributed by atoms with Crippen molar-refractivity contribution >= 4 is 31.9 Å². The molecule has 0 unspecified atom stereocenters. The van der Waals surface area contributed by atoms with E-state index in [4.69, 9.17) is 4.74 Å². The minimum atomic E-state index is 0.674. The highest BCUT2D eigenvalue weighted by Gasteiger charge is 2.23. The van der Waals surface area contributed by atoms with Gasteiger partial charge in [-0.15, -0.1) is 0 Å². The van der Waals surface area contributed by atoms with E-state index in [-0.39, 0.29) is 0 Å². The standard InChI is InChI=1S/C15H21Br2NO/c1-10(2)7-18-8-12-5-13(16)15(14(17)6-12)19-9-11-3-4-11/h5-6,10-11,18H,3-4,7-9H2,1-2H3. The topological polar surface area (TPSA) is 21.3 Å². The van der Waals surface area contributed by atoms with E-state index < -0.39 is 0 Å². The van der Waals surface area contributed by atoms with Crippen molar-refractivity contribution in [2.45, 2.75) is 33.2 Å². The first-order valence-corrected chi connectivity index (χ1v) is 8.46. The fourth-order valence-electron chi connectivity index (χ4n) is 1.84. The maximum atomic E-state index is 5.88. The molecule has 2 nitrogen and oxygen atoms in total. The first kappa shape index (κ1) is 15.3. The van der Waals surface area contributed by atoms with E-state index >= 15 is 0 Å². The van der Waals surface area contributed by atoms with Gasteiger partial charge in [0.25, 0.3) is 0 Å². The van der Waals surface area contributed by atoms with Crippen molar-refractivity contribution in [1.29, 1.82) is 0 Å². The lowest BCUT2D eigenvalue weighted by Crippen LogP contribution is -2.19. The Balaban J connectivity index is 1.94. The van der Waals surface area contributed by atoms with Crippen LogP contribution in [0.5, 0.6) is 5.75 Å². The number of nitrogens with one attached hydrogen (secondary N) is 1. The van der Waals surface area contributed by atoms with E-state index in [1.165, 1.54) is 18.4 Å². The van der Waals surface area contributed by atoms with E-state index in [0.717, 1.165) is 40.3 Å². The minimum absolute atomic E-state index is 0.674. The molecule has 0 bridgehead atoms. The molecule has 1 aliphatic rings. The zero-order chi connectivity index (χ0) is 13.8. The van der Waals surface area contributed by atoms with Crippen LogP contribution in [-0.4, -0.2) is 13.2 Å². The molecular weight excluding hydrogens is 370 g/mol. The third kappa shape index (κ3) is 5.09. The largest absolute Gasteiger partial charge is 0.491 e. The summed E-state index contributed by atoms with van der Waals surface area (Å²) in [5.41, 5.74) is 1.26. The molecule has 1 fully saturated rings. The maximum Gasteiger partial charge on any atom is 0.147 e. The van der Waals surface area contributed by atoms with Gasteiger partial charge in [0.1, 0.15) is 5.75 Å². The van der Waals surface area contributed by atoms with Gasteiger partial charge in [-0.05, 0) is 80.8 Å². The predicted octanol–water partition coefficient (Wildman–Crippen LogP) is 4.75. The van der Waals surface area contributed by atoms with Crippen molar-refractivity contribution in [3.8, 4) is 5.75 Å². The van der Waals surface area contributed by atoms with Crippen LogP contribution in [0, 0.1) is 11.8 Å². The number of ether oxygens (including phenoxy) is 1. The molecule has 106 valence electrons. The lowest BCUT2D eigenvalue weighted by Gasteiger charge is -2.13. The summed E-state index contributed by atoms with van der Waals surface area (Å²) in [6.45, 7) is 7.19. The molecule has 2 rings (SSSR count). The number of hydrogen-bond acceptors (Lipinski definition) is 2. The molecule has 4 heteroatoms. The van der Waals surface area contributed by atoms with Gasteiger partial charge in [-0.3, -0.25) is 0 Å². The van der Waals surface area contributed by atoms with Gasteiger partial charge in [0.2, 0.25) is 0 Å². The van der Waals surface area contributed by atoms with Crippen LogP contribution in [0.15, 0.2) is 21.1 Å². The summed E-state index contributed by atoms with van der Waals surface area (Å²) in [6.07, 6.45) is 2.62. The molecule has 19 heavy (non-hydrogen) atoms. The smallest absolute Gasteiger partial charge is 0.147 e. The quantitative estimate of drug-likeness (QED) is 0.725. The van der Waals surface area contributed by atoms with Crippen LogP contribution in [0.25, 0.3) is 0 Å². The minimum Gasteiger partial charge on any atom is -0.491 e. The number of hydrogen-bond donors (Lipinski definition) is 1. The Kier molecular flexibility index (Phi) is 5.72. The van der Waals surface area contributed by atoms with Crippen molar-refractivity contribution in [3.63, 3.8) is 0 Å². The van der Waals surface area contributed by atoms with Gasteiger partial charge in [-0.1, -0.05) is 13.8 Å². The van der Waals surface area contributed by atoms with Crippen molar-refractivity contribution < 1.29 is 4.74 Å². The summed E-state index contributed by atoms with van der Waals surface area (Å²) in [5.74, 6) is 2.37. The normalized spacial score (nSPS) is 15.0. The SMILES string of the molecule is CC(C)CNCc1cc(Br)c(OCC2CC2)c(Br)c1. The van der Waals surface area contributed by atoms with Gasteiger partial charge < -0.3 is 10.1 Å². The highest BCUT2D eigenvalue weighted by Crippen LogP contribution is 2.37. The molecule has 1 saturated carbocycles. The Morgan fingerprint density at radius 2 is 1.89 bits per heavy atom. The lowest BCUT2D eigenvalue weighted by molar-refractivity contribution is 0.296. The molecule has 0 aliphatic heterocycles. The Hall–Kier alpha value is -0.0600. The Morgan fingerprint density at radius 3 is 2.42 bits per heavy atom. The fraction of sp³-hybridized carbons (Fsp3) is 0.600. The number of rotatable bonds is 7. The van der Waals surface area contributed by atoms with Gasteiger partial charge in [-0.25, -0.2) is 0 Å². The van der Waals surface area contributed by atoms with Crippen LogP contribution in [0.3, 0.4) is 0 Å². The summed E-state index contributed by atoms with van der Waals surface area (Å²) in [5, 5.41) is 3.45. The molecule has 0 amide bonds. The summed E-state index contributed by atoms with van der Waals surface area (Å²) in [7, 11) is 0. The second-order valence-corrected chi connectivity index (χ2v) is 7.38. The highest BCUT2D eigenvalue weighted by molar-refractivity contribution is 9.11. The van der Waals surface area contributed by atoms with Crippen LogP contribution in [0.4, 0.5) is 0 Å². The molecule has 1 aliphatic carbocycles. The van der Waals surface area contributed by atoms with Gasteiger partial charge >= 0.3 is 0 Å². The van der Waals surface area contributed by atoms with E-state index in [2.05, 4.69) is 63.2 Å². The first-order chi connectivity index (χ1) is 9.06. The molecule has 0 saturated heterocycles.